The lowest BCUT2D eigenvalue weighted by atomic mass is 10.1. The molecule has 2 aromatic rings. The standard InChI is InChI=1S/C17H18Cl2N2O2/c1-10-7-8-11(2)16(12(10)3)23-9-20-17(22)21-15-13(18)5-4-6-14(15)19/h4-8H,9H2,1-3H3,(H2,20,21,22). The summed E-state index contributed by atoms with van der Waals surface area (Å²) in [5.74, 6) is 0.779. The van der Waals surface area contributed by atoms with E-state index < -0.39 is 6.03 Å². The first kappa shape index (κ1) is 17.4. The Morgan fingerprint density at radius 3 is 2.30 bits per heavy atom. The maximum atomic E-state index is 11.9. The third-order valence-corrected chi connectivity index (χ3v) is 4.15. The Labute approximate surface area is 145 Å². The summed E-state index contributed by atoms with van der Waals surface area (Å²) in [5.41, 5.74) is 3.58. The summed E-state index contributed by atoms with van der Waals surface area (Å²) in [6.07, 6.45) is 0. The van der Waals surface area contributed by atoms with Crippen molar-refractivity contribution < 1.29 is 9.53 Å². The first-order valence-electron chi connectivity index (χ1n) is 7.08. The van der Waals surface area contributed by atoms with Crippen LogP contribution in [0.2, 0.25) is 10.0 Å². The number of carbonyl (C=O) groups excluding carboxylic acids is 1. The predicted molar refractivity (Wildman–Crippen MR) is 94.8 cm³/mol. The molecule has 0 unspecified atom stereocenters. The fourth-order valence-corrected chi connectivity index (χ4v) is 2.59. The van der Waals surface area contributed by atoms with Crippen molar-refractivity contribution >= 4 is 34.9 Å². The highest BCUT2D eigenvalue weighted by molar-refractivity contribution is 6.39. The molecular formula is C17H18Cl2N2O2. The number of carbonyl (C=O) groups is 1. The molecule has 6 heteroatoms. The predicted octanol–water partition coefficient (Wildman–Crippen LogP) is 5.08. The number of halogens is 2. The minimum atomic E-state index is -0.442. The fraction of sp³-hybridized carbons (Fsp3) is 0.235. The maximum Gasteiger partial charge on any atom is 0.321 e. The zero-order valence-corrected chi connectivity index (χ0v) is 14.7. The normalized spacial score (nSPS) is 10.3. The second-order valence-electron chi connectivity index (χ2n) is 5.17. The van der Waals surface area contributed by atoms with Gasteiger partial charge in [-0.25, -0.2) is 4.79 Å². The van der Waals surface area contributed by atoms with E-state index in [9.17, 15) is 4.79 Å². The largest absolute Gasteiger partial charge is 0.473 e. The minimum absolute atomic E-state index is 0.0407. The molecule has 0 saturated carbocycles. The molecule has 0 heterocycles. The molecule has 0 aliphatic carbocycles. The lowest BCUT2D eigenvalue weighted by Crippen LogP contribution is -2.32. The van der Waals surface area contributed by atoms with Gasteiger partial charge in [0, 0.05) is 0 Å². The van der Waals surface area contributed by atoms with Gasteiger partial charge in [-0.2, -0.15) is 0 Å². The van der Waals surface area contributed by atoms with Crippen molar-refractivity contribution in [2.24, 2.45) is 0 Å². The molecule has 2 amide bonds. The van der Waals surface area contributed by atoms with E-state index in [0.717, 1.165) is 22.4 Å². The van der Waals surface area contributed by atoms with Crippen LogP contribution in [0, 0.1) is 20.8 Å². The summed E-state index contributed by atoms with van der Waals surface area (Å²) in [6, 6.07) is 8.60. The van der Waals surface area contributed by atoms with Gasteiger partial charge in [-0.3, -0.25) is 0 Å². The molecule has 2 rings (SSSR count). The summed E-state index contributed by atoms with van der Waals surface area (Å²) >= 11 is 12.0. The monoisotopic (exact) mass is 352 g/mol. The van der Waals surface area contributed by atoms with Gasteiger partial charge in [0.25, 0.3) is 0 Å². The molecule has 0 radical (unpaired) electrons. The van der Waals surface area contributed by atoms with Crippen LogP contribution in [0.3, 0.4) is 0 Å². The van der Waals surface area contributed by atoms with E-state index in [1.807, 2.05) is 32.9 Å². The van der Waals surface area contributed by atoms with Gasteiger partial charge < -0.3 is 15.4 Å². The summed E-state index contributed by atoms with van der Waals surface area (Å²) in [7, 11) is 0. The Kier molecular flexibility index (Phi) is 5.74. The molecule has 23 heavy (non-hydrogen) atoms. The smallest absolute Gasteiger partial charge is 0.321 e. The number of para-hydroxylation sites is 1. The summed E-state index contributed by atoms with van der Waals surface area (Å²) in [4.78, 5) is 11.9. The highest BCUT2D eigenvalue weighted by Gasteiger charge is 2.10. The number of hydrogen-bond acceptors (Lipinski definition) is 2. The first-order valence-corrected chi connectivity index (χ1v) is 7.84. The number of anilines is 1. The first-order chi connectivity index (χ1) is 10.9. The van der Waals surface area contributed by atoms with E-state index in [1.54, 1.807) is 18.2 Å². The van der Waals surface area contributed by atoms with E-state index in [4.69, 9.17) is 27.9 Å². The average Bonchev–Trinajstić information content (AvgIpc) is 2.50. The molecule has 122 valence electrons. The van der Waals surface area contributed by atoms with Gasteiger partial charge in [0.05, 0.1) is 15.7 Å². The van der Waals surface area contributed by atoms with Crippen molar-refractivity contribution in [1.82, 2.24) is 5.32 Å². The van der Waals surface area contributed by atoms with Crippen LogP contribution in [0.25, 0.3) is 0 Å². The van der Waals surface area contributed by atoms with E-state index in [2.05, 4.69) is 10.6 Å². The molecule has 0 aliphatic heterocycles. The topological polar surface area (TPSA) is 50.4 Å². The van der Waals surface area contributed by atoms with Crippen molar-refractivity contribution in [3.05, 3.63) is 57.1 Å². The molecule has 2 N–H and O–H groups in total. The van der Waals surface area contributed by atoms with Crippen molar-refractivity contribution in [3.63, 3.8) is 0 Å². The lowest BCUT2D eigenvalue weighted by molar-refractivity contribution is 0.234. The molecule has 4 nitrogen and oxygen atoms in total. The van der Waals surface area contributed by atoms with Crippen molar-refractivity contribution in [3.8, 4) is 5.75 Å². The minimum Gasteiger partial charge on any atom is -0.473 e. The van der Waals surface area contributed by atoms with Crippen molar-refractivity contribution in [1.29, 1.82) is 0 Å². The summed E-state index contributed by atoms with van der Waals surface area (Å²) in [6.45, 7) is 6.01. The van der Waals surface area contributed by atoms with E-state index >= 15 is 0 Å². The zero-order chi connectivity index (χ0) is 17.0. The van der Waals surface area contributed by atoms with Gasteiger partial charge in [-0.15, -0.1) is 0 Å². The molecule has 0 bridgehead atoms. The van der Waals surface area contributed by atoms with Crippen LogP contribution >= 0.6 is 23.2 Å². The summed E-state index contributed by atoms with van der Waals surface area (Å²) in [5, 5.41) is 5.98. The number of urea groups is 1. The SMILES string of the molecule is Cc1ccc(C)c(OCNC(=O)Nc2c(Cl)cccc2Cl)c1C. The second kappa shape index (κ2) is 7.57. The van der Waals surface area contributed by atoms with Gasteiger partial charge in [0.1, 0.15) is 5.75 Å². The van der Waals surface area contributed by atoms with Crippen LogP contribution in [0.4, 0.5) is 10.5 Å². The highest BCUT2D eigenvalue weighted by atomic mass is 35.5. The molecule has 0 spiro atoms. The van der Waals surface area contributed by atoms with Gasteiger partial charge in [-0.05, 0) is 49.6 Å². The van der Waals surface area contributed by atoms with Crippen LogP contribution < -0.4 is 15.4 Å². The molecule has 0 fully saturated rings. The third kappa shape index (κ3) is 4.30. The fourth-order valence-electron chi connectivity index (χ4n) is 2.10. The molecule has 2 aromatic carbocycles. The molecule has 0 aliphatic rings. The lowest BCUT2D eigenvalue weighted by Gasteiger charge is -2.15. The van der Waals surface area contributed by atoms with Crippen LogP contribution in [0.5, 0.6) is 5.75 Å². The van der Waals surface area contributed by atoms with Crippen molar-refractivity contribution in [2.45, 2.75) is 20.8 Å². The number of nitrogens with one attached hydrogen (secondary N) is 2. The van der Waals surface area contributed by atoms with Crippen LogP contribution in [0.15, 0.2) is 30.3 Å². The summed E-state index contributed by atoms with van der Waals surface area (Å²) < 4.78 is 5.68. The highest BCUT2D eigenvalue weighted by Crippen LogP contribution is 2.29. The second-order valence-corrected chi connectivity index (χ2v) is 5.98. The number of aryl methyl sites for hydroxylation is 2. The van der Waals surface area contributed by atoms with Gasteiger partial charge in [-0.1, -0.05) is 41.4 Å². The number of hydrogen-bond donors (Lipinski definition) is 2. The van der Waals surface area contributed by atoms with Crippen LogP contribution in [0.1, 0.15) is 16.7 Å². The Morgan fingerprint density at radius 1 is 1.04 bits per heavy atom. The van der Waals surface area contributed by atoms with Gasteiger partial charge in [0.15, 0.2) is 6.73 Å². The molecule has 0 atom stereocenters. The third-order valence-electron chi connectivity index (χ3n) is 3.52. The molecular weight excluding hydrogens is 335 g/mol. The maximum absolute atomic E-state index is 11.9. The number of benzene rings is 2. The van der Waals surface area contributed by atoms with E-state index in [0.29, 0.717) is 15.7 Å². The number of amides is 2. The van der Waals surface area contributed by atoms with Crippen LogP contribution in [-0.4, -0.2) is 12.8 Å². The van der Waals surface area contributed by atoms with Gasteiger partial charge in [0.2, 0.25) is 0 Å². The quantitative estimate of drug-likeness (QED) is 0.754. The van der Waals surface area contributed by atoms with E-state index in [-0.39, 0.29) is 6.73 Å². The molecule has 0 aromatic heterocycles. The molecule has 0 saturated heterocycles. The average molecular weight is 353 g/mol. The Balaban J connectivity index is 1.95. The Hall–Kier alpha value is -1.91. The Bertz CT molecular complexity index is 713. The van der Waals surface area contributed by atoms with Crippen molar-refractivity contribution in [2.75, 3.05) is 12.0 Å². The van der Waals surface area contributed by atoms with E-state index in [1.165, 1.54) is 0 Å². The van der Waals surface area contributed by atoms with Crippen LogP contribution in [-0.2, 0) is 0 Å². The zero-order valence-electron chi connectivity index (χ0n) is 13.2. The number of ether oxygens (including phenoxy) is 1. The van der Waals surface area contributed by atoms with Gasteiger partial charge >= 0.3 is 6.03 Å². The number of rotatable bonds is 4. The Morgan fingerprint density at radius 2 is 1.65 bits per heavy atom.